The first-order valence-corrected chi connectivity index (χ1v) is 8.02. The molecule has 0 unspecified atom stereocenters. The van der Waals surface area contributed by atoms with Gasteiger partial charge < -0.3 is 9.80 Å². The minimum absolute atomic E-state index is 0.828. The zero-order valence-electron chi connectivity index (χ0n) is 14.4. The average molecular weight is 315 g/mol. The van der Waals surface area contributed by atoms with E-state index in [1.807, 2.05) is 39.0 Å². The van der Waals surface area contributed by atoms with Crippen LogP contribution in [0.25, 0.3) is 0 Å². The van der Waals surface area contributed by atoms with E-state index in [2.05, 4.69) is 31.0 Å². The van der Waals surface area contributed by atoms with E-state index in [4.69, 9.17) is 4.98 Å². The maximum absolute atomic E-state index is 4.71. The largest absolute Gasteiger partial charge is 0.362 e. The second kappa shape index (κ2) is 6.54. The van der Waals surface area contributed by atoms with Crippen LogP contribution >= 0.6 is 0 Å². The third-order valence-corrected chi connectivity index (χ3v) is 4.16. The van der Waals surface area contributed by atoms with Crippen molar-refractivity contribution < 1.29 is 0 Å². The number of H-pyrrole nitrogens is 1. The summed E-state index contributed by atoms with van der Waals surface area (Å²) in [6.07, 6.45) is 1.91. The summed E-state index contributed by atoms with van der Waals surface area (Å²) >= 11 is 0. The molecule has 2 aromatic rings. The molecule has 0 amide bonds. The molecule has 3 rings (SSSR count). The van der Waals surface area contributed by atoms with Crippen LogP contribution in [0.15, 0.2) is 12.3 Å². The van der Waals surface area contributed by atoms with Gasteiger partial charge in [0.1, 0.15) is 5.82 Å². The molecule has 23 heavy (non-hydrogen) atoms. The zero-order valence-corrected chi connectivity index (χ0v) is 14.4. The van der Waals surface area contributed by atoms with Crippen molar-refractivity contribution in [3.63, 3.8) is 0 Å². The van der Waals surface area contributed by atoms with E-state index in [9.17, 15) is 0 Å². The number of aryl methyl sites for hydroxylation is 2. The second-order valence-corrected chi connectivity index (χ2v) is 6.38. The quantitative estimate of drug-likeness (QED) is 0.915. The third kappa shape index (κ3) is 3.61. The Hall–Kier alpha value is -2.15. The van der Waals surface area contributed by atoms with Gasteiger partial charge in [0.15, 0.2) is 0 Å². The van der Waals surface area contributed by atoms with Crippen molar-refractivity contribution in [2.24, 2.45) is 0 Å². The van der Waals surface area contributed by atoms with Crippen molar-refractivity contribution in [2.75, 3.05) is 50.1 Å². The highest BCUT2D eigenvalue weighted by molar-refractivity contribution is 5.48. The Kier molecular flexibility index (Phi) is 4.47. The van der Waals surface area contributed by atoms with Gasteiger partial charge in [0.25, 0.3) is 0 Å². The molecule has 3 heterocycles. The number of rotatable bonds is 4. The molecular weight excluding hydrogens is 290 g/mol. The molecule has 0 aliphatic carbocycles. The van der Waals surface area contributed by atoms with Crippen molar-refractivity contribution in [3.8, 4) is 0 Å². The highest BCUT2D eigenvalue weighted by Gasteiger charge is 2.20. The van der Waals surface area contributed by atoms with E-state index in [0.717, 1.165) is 61.4 Å². The van der Waals surface area contributed by atoms with E-state index < -0.39 is 0 Å². The summed E-state index contributed by atoms with van der Waals surface area (Å²) in [5.74, 6) is 1.82. The molecule has 1 fully saturated rings. The van der Waals surface area contributed by atoms with Crippen LogP contribution < -0.4 is 9.80 Å². The lowest BCUT2D eigenvalue weighted by Crippen LogP contribution is -2.46. The number of anilines is 2. The fourth-order valence-electron chi connectivity index (χ4n) is 2.92. The van der Waals surface area contributed by atoms with Gasteiger partial charge in [-0.3, -0.25) is 10.00 Å². The predicted octanol–water partition coefficient (Wildman–Crippen LogP) is 1.20. The number of aromatic amines is 1. The van der Waals surface area contributed by atoms with Crippen LogP contribution in [0.5, 0.6) is 0 Å². The highest BCUT2D eigenvalue weighted by atomic mass is 15.3. The molecule has 1 aliphatic rings. The summed E-state index contributed by atoms with van der Waals surface area (Å²) in [4.78, 5) is 15.9. The van der Waals surface area contributed by atoms with Crippen LogP contribution in [-0.4, -0.2) is 65.3 Å². The number of nitrogens with one attached hydrogen (secondary N) is 1. The smallest absolute Gasteiger partial charge is 0.227 e. The van der Waals surface area contributed by atoms with E-state index in [-0.39, 0.29) is 0 Å². The van der Waals surface area contributed by atoms with Crippen LogP contribution in [0.1, 0.15) is 17.0 Å². The summed E-state index contributed by atoms with van der Waals surface area (Å²) < 4.78 is 0. The van der Waals surface area contributed by atoms with E-state index in [1.165, 1.54) is 0 Å². The van der Waals surface area contributed by atoms with Crippen molar-refractivity contribution in [1.82, 2.24) is 25.1 Å². The predicted molar refractivity (Wildman–Crippen MR) is 91.9 cm³/mol. The third-order valence-electron chi connectivity index (χ3n) is 4.16. The molecule has 0 bridgehead atoms. The highest BCUT2D eigenvalue weighted by Crippen LogP contribution is 2.19. The molecule has 124 valence electrons. The summed E-state index contributed by atoms with van der Waals surface area (Å²) in [7, 11) is 4.03. The monoisotopic (exact) mass is 315 g/mol. The van der Waals surface area contributed by atoms with Gasteiger partial charge >= 0.3 is 0 Å². The summed E-state index contributed by atoms with van der Waals surface area (Å²) in [6, 6.07) is 2.11. The fraction of sp³-hybridized carbons (Fsp3) is 0.562. The lowest BCUT2D eigenvalue weighted by Gasteiger charge is -2.34. The zero-order chi connectivity index (χ0) is 16.4. The number of aromatic nitrogens is 4. The molecule has 1 saturated heterocycles. The minimum atomic E-state index is 0.828. The van der Waals surface area contributed by atoms with Crippen LogP contribution in [0.4, 0.5) is 11.8 Å². The normalized spacial score (nSPS) is 15.9. The van der Waals surface area contributed by atoms with Gasteiger partial charge in [0.05, 0.1) is 5.69 Å². The first-order valence-electron chi connectivity index (χ1n) is 8.02. The van der Waals surface area contributed by atoms with Crippen molar-refractivity contribution in [1.29, 1.82) is 0 Å². The fourth-order valence-corrected chi connectivity index (χ4v) is 2.92. The molecule has 7 nitrogen and oxygen atoms in total. The molecule has 0 saturated carbocycles. The molecule has 7 heteroatoms. The topological polar surface area (TPSA) is 64.2 Å². The Morgan fingerprint density at radius 3 is 2.52 bits per heavy atom. The molecule has 0 radical (unpaired) electrons. The van der Waals surface area contributed by atoms with Crippen LogP contribution in [0, 0.1) is 13.8 Å². The van der Waals surface area contributed by atoms with Crippen LogP contribution in [0.2, 0.25) is 0 Å². The van der Waals surface area contributed by atoms with Crippen LogP contribution in [0.3, 0.4) is 0 Å². The Morgan fingerprint density at radius 1 is 1.17 bits per heavy atom. The lowest BCUT2D eigenvalue weighted by molar-refractivity contribution is 0.246. The molecule has 0 aromatic carbocycles. The number of hydrogen-bond acceptors (Lipinski definition) is 6. The molecule has 0 spiro atoms. The lowest BCUT2D eigenvalue weighted by atomic mass is 10.3. The van der Waals surface area contributed by atoms with Crippen molar-refractivity contribution in [3.05, 3.63) is 29.2 Å². The van der Waals surface area contributed by atoms with Crippen LogP contribution in [-0.2, 0) is 6.54 Å². The van der Waals surface area contributed by atoms with E-state index in [0.29, 0.717) is 0 Å². The maximum Gasteiger partial charge on any atom is 0.227 e. The first kappa shape index (κ1) is 15.7. The van der Waals surface area contributed by atoms with Gasteiger partial charge in [0, 0.05) is 64.3 Å². The standard InChI is InChI=1S/C16H25N7/c1-12-10-17-16(18-15(12)21(3)4)23-7-5-22(6-8-23)11-14-9-13(2)19-20-14/h9-10H,5-8,11H2,1-4H3,(H,19,20). The summed E-state index contributed by atoms with van der Waals surface area (Å²) in [6.45, 7) is 8.86. The minimum Gasteiger partial charge on any atom is -0.362 e. The summed E-state index contributed by atoms with van der Waals surface area (Å²) in [5.41, 5.74) is 3.33. The Bertz CT molecular complexity index is 656. The Labute approximate surface area is 137 Å². The molecule has 1 aliphatic heterocycles. The molecule has 2 aromatic heterocycles. The Balaban J connectivity index is 1.61. The summed E-state index contributed by atoms with van der Waals surface area (Å²) in [5, 5.41) is 7.32. The second-order valence-electron chi connectivity index (χ2n) is 6.38. The van der Waals surface area contributed by atoms with Gasteiger partial charge in [0.2, 0.25) is 5.95 Å². The van der Waals surface area contributed by atoms with Gasteiger partial charge in [-0.1, -0.05) is 0 Å². The van der Waals surface area contributed by atoms with Crippen molar-refractivity contribution >= 4 is 11.8 Å². The van der Waals surface area contributed by atoms with Gasteiger partial charge in [-0.25, -0.2) is 4.98 Å². The average Bonchev–Trinajstić information content (AvgIpc) is 2.93. The Morgan fingerprint density at radius 2 is 1.91 bits per heavy atom. The molecule has 0 atom stereocenters. The maximum atomic E-state index is 4.71. The SMILES string of the molecule is Cc1cc(CN2CCN(c3ncc(C)c(N(C)C)n3)CC2)n[nH]1. The number of nitrogens with zero attached hydrogens (tertiary/aromatic N) is 6. The van der Waals surface area contributed by atoms with Gasteiger partial charge in [-0.05, 0) is 19.9 Å². The first-order chi connectivity index (χ1) is 11.0. The van der Waals surface area contributed by atoms with E-state index in [1.54, 1.807) is 0 Å². The van der Waals surface area contributed by atoms with Crippen molar-refractivity contribution in [2.45, 2.75) is 20.4 Å². The van der Waals surface area contributed by atoms with Gasteiger partial charge in [-0.15, -0.1) is 0 Å². The number of piperazine rings is 1. The van der Waals surface area contributed by atoms with E-state index >= 15 is 0 Å². The molecular formula is C16H25N7. The molecule has 1 N–H and O–H groups in total. The number of hydrogen-bond donors (Lipinski definition) is 1. The van der Waals surface area contributed by atoms with Gasteiger partial charge in [-0.2, -0.15) is 10.1 Å².